The van der Waals surface area contributed by atoms with Gasteiger partial charge in [0.1, 0.15) is 10.7 Å². The predicted molar refractivity (Wildman–Crippen MR) is 93.0 cm³/mol. The summed E-state index contributed by atoms with van der Waals surface area (Å²) < 4.78 is 22.6. The lowest BCUT2D eigenvalue weighted by molar-refractivity contribution is -0.242. The molecular formula is C17H36O4S. The van der Waals surface area contributed by atoms with Crippen molar-refractivity contribution in [3.8, 4) is 0 Å². The van der Waals surface area contributed by atoms with E-state index in [1.807, 2.05) is 0 Å². The van der Waals surface area contributed by atoms with Crippen molar-refractivity contribution in [3.63, 3.8) is 0 Å². The van der Waals surface area contributed by atoms with E-state index < -0.39 is 10.7 Å². The third-order valence-electron chi connectivity index (χ3n) is 4.21. The van der Waals surface area contributed by atoms with Gasteiger partial charge in [0.15, 0.2) is 0 Å². The van der Waals surface area contributed by atoms with E-state index in [9.17, 15) is 8.42 Å². The Labute approximate surface area is 138 Å². The summed E-state index contributed by atoms with van der Waals surface area (Å²) in [6, 6.07) is 0. The summed E-state index contributed by atoms with van der Waals surface area (Å²) in [6.07, 6.45) is 15.3. The molecule has 1 N–H and O–H groups in total. The molecule has 1 unspecified atom stereocenters. The SMILES string of the molecule is CCCCCCCCC(CCCCCCCCOO)[SH](=O)=O. The van der Waals surface area contributed by atoms with Crippen molar-refractivity contribution in [2.45, 2.75) is 102 Å². The number of thiol groups is 1. The molecule has 5 heteroatoms. The van der Waals surface area contributed by atoms with Crippen LogP contribution in [0.5, 0.6) is 0 Å². The molecule has 0 spiro atoms. The second-order valence-electron chi connectivity index (χ2n) is 6.24. The predicted octanol–water partition coefficient (Wildman–Crippen LogP) is 4.94. The lowest BCUT2D eigenvalue weighted by atomic mass is 10.0. The highest BCUT2D eigenvalue weighted by Gasteiger charge is 2.10. The molecular weight excluding hydrogens is 300 g/mol. The Morgan fingerprint density at radius 3 is 1.68 bits per heavy atom. The van der Waals surface area contributed by atoms with Gasteiger partial charge in [0, 0.05) is 0 Å². The molecule has 4 nitrogen and oxygen atoms in total. The molecule has 0 aliphatic carbocycles. The minimum atomic E-state index is -2.27. The van der Waals surface area contributed by atoms with E-state index in [0.717, 1.165) is 57.8 Å². The van der Waals surface area contributed by atoms with Crippen molar-refractivity contribution >= 4 is 10.7 Å². The Morgan fingerprint density at radius 1 is 0.773 bits per heavy atom. The molecule has 0 aliphatic heterocycles. The van der Waals surface area contributed by atoms with E-state index in [0.29, 0.717) is 6.61 Å². The van der Waals surface area contributed by atoms with Gasteiger partial charge >= 0.3 is 0 Å². The smallest absolute Gasteiger partial charge is 0.143 e. The van der Waals surface area contributed by atoms with Crippen LogP contribution in [0.2, 0.25) is 0 Å². The zero-order valence-electron chi connectivity index (χ0n) is 14.3. The van der Waals surface area contributed by atoms with E-state index in [1.165, 1.54) is 32.1 Å². The lowest BCUT2D eigenvalue weighted by Gasteiger charge is -2.10. The summed E-state index contributed by atoms with van der Waals surface area (Å²) in [5, 5.41) is 8.09. The number of hydrogen-bond donors (Lipinski definition) is 2. The third kappa shape index (κ3) is 14.8. The van der Waals surface area contributed by atoms with Gasteiger partial charge in [-0.1, -0.05) is 77.6 Å². The molecule has 1 atom stereocenters. The fraction of sp³-hybridized carbons (Fsp3) is 1.00. The molecule has 0 rings (SSSR count). The van der Waals surface area contributed by atoms with Crippen LogP contribution in [0.15, 0.2) is 0 Å². The maximum absolute atomic E-state index is 11.3. The molecule has 0 saturated carbocycles. The summed E-state index contributed by atoms with van der Waals surface area (Å²) in [5.74, 6) is 0. The van der Waals surface area contributed by atoms with Crippen molar-refractivity contribution in [1.29, 1.82) is 0 Å². The van der Waals surface area contributed by atoms with Gasteiger partial charge in [-0.15, -0.1) is 0 Å². The largest absolute Gasteiger partial charge is 0.252 e. The second-order valence-corrected chi connectivity index (χ2v) is 7.54. The van der Waals surface area contributed by atoms with Crippen molar-refractivity contribution in [3.05, 3.63) is 0 Å². The molecule has 0 aromatic heterocycles. The van der Waals surface area contributed by atoms with Crippen molar-refractivity contribution in [2.75, 3.05) is 6.61 Å². The first-order valence-corrected chi connectivity index (χ1v) is 10.4. The Kier molecular flexibility index (Phi) is 17.1. The van der Waals surface area contributed by atoms with Gasteiger partial charge in [0.25, 0.3) is 0 Å². The second kappa shape index (κ2) is 17.2. The van der Waals surface area contributed by atoms with Gasteiger partial charge in [0.2, 0.25) is 0 Å². The molecule has 0 fully saturated rings. The Bertz CT molecular complexity index is 284. The summed E-state index contributed by atoms with van der Waals surface area (Å²) in [7, 11) is -2.27. The summed E-state index contributed by atoms with van der Waals surface area (Å²) >= 11 is 0. The molecule has 0 heterocycles. The summed E-state index contributed by atoms with van der Waals surface area (Å²) in [4.78, 5) is 4.03. The van der Waals surface area contributed by atoms with Gasteiger partial charge in [-0.25, -0.2) is 13.3 Å². The maximum Gasteiger partial charge on any atom is 0.143 e. The third-order valence-corrected chi connectivity index (χ3v) is 5.32. The highest BCUT2D eigenvalue weighted by atomic mass is 32.2. The molecule has 0 aromatic carbocycles. The van der Waals surface area contributed by atoms with E-state index in [1.54, 1.807) is 0 Å². The molecule has 0 aliphatic rings. The quantitative estimate of drug-likeness (QED) is 0.171. The Hall–Kier alpha value is -0.130. The minimum absolute atomic E-state index is 0.107. The van der Waals surface area contributed by atoms with Crippen molar-refractivity contribution < 1.29 is 18.6 Å². The van der Waals surface area contributed by atoms with Gasteiger partial charge in [-0.05, 0) is 19.3 Å². The van der Waals surface area contributed by atoms with E-state index in [4.69, 9.17) is 5.26 Å². The average molecular weight is 337 g/mol. The minimum Gasteiger partial charge on any atom is -0.252 e. The highest BCUT2D eigenvalue weighted by Crippen LogP contribution is 2.16. The van der Waals surface area contributed by atoms with Crippen LogP contribution in [-0.2, 0) is 15.6 Å². The first-order chi connectivity index (χ1) is 10.7. The van der Waals surface area contributed by atoms with Gasteiger partial charge in [-0.2, -0.15) is 0 Å². The van der Waals surface area contributed by atoms with Crippen LogP contribution in [0.3, 0.4) is 0 Å². The molecule has 0 aromatic rings. The van der Waals surface area contributed by atoms with Crippen LogP contribution in [0.4, 0.5) is 0 Å². The molecule has 134 valence electrons. The normalized spacial score (nSPS) is 12.9. The van der Waals surface area contributed by atoms with Crippen molar-refractivity contribution in [1.82, 2.24) is 0 Å². The molecule has 0 radical (unpaired) electrons. The fourth-order valence-electron chi connectivity index (χ4n) is 2.77. The number of rotatable bonds is 17. The Morgan fingerprint density at radius 2 is 1.23 bits per heavy atom. The molecule has 0 saturated heterocycles. The van der Waals surface area contributed by atoms with E-state index in [-0.39, 0.29) is 5.25 Å². The van der Waals surface area contributed by atoms with Gasteiger partial charge in [-0.3, -0.25) is 5.26 Å². The zero-order chi connectivity index (χ0) is 16.5. The van der Waals surface area contributed by atoms with Crippen LogP contribution in [0.25, 0.3) is 0 Å². The lowest BCUT2D eigenvalue weighted by Crippen LogP contribution is -2.09. The Balaban J connectivity index is 3.52. The first-order valence-electron chi connectivity index (χ1n) is 9.12. The van der Waals surface area contributed by atoms with E-state index in [2.05, 4.69) is 11.8 Å². The molecule has 22 heavy (non-hydrogen) atoms. The molecule has 0 bridgehead atoms. The van der Waals surface area contributed by atoms with Crippen LogP contribution in [0, 0.1) is 0 Å². The van der Waals surface area contributed by atoms with Crippen LogP contribution in [0.1, 0.15) is 96.8 Å². The standard InChI is InChI=1S/C17H36O4S/c1-2-3-4-5-8-11-14-17(22(19)20)15-12-9-6-7-10-13-16-21-18/h17-18,22H,2-16H2,1H3. The zero-order valence-corrected chi connectivity index (χ0v) is 15.2. The van der Waals surface area contributed by atoms with Crippen LogP contribution >= 0.6 is 0 Å². The van der Waals surface area contributed by atoms with Crippen LogP contribution in [-0.4, -0.2) is 25.5 Å². The maximum atomic E-state index is 11.3. The van der Waals surface area contributed by atoms with Crippen molar-refractivity contribution in [2.24, 2.45) is 0 Å². The summed E-state index contributed by atoms with van der Waals surface area (Å²) in [6.45, 7) is 2.62. The first kappa shape index (κ1) is 21.9. The number of unbranched alkanes of at least 4 members (excludes halogenated alkanes) is 10. The highest BCUT2D eigenvalue weighted by molar-refractivity contribution is 7.73. The van der Waals surface area contributed by atoms with E-state index >= 15 is 0 Å². The van der Waals surface area contributed by atoms with Gasteiger partial charge in [0.05, 0.1) is 11.9 Å². The van der Waals surface area contributed by atoms with Gasteiger partial charge < -0.3 is 0 Å². The monoisotopic (exact) mass is 336 g/mol. The molecule has 0 amide bonds. The topological polar surface area (TPSA) is 63.6 Å². The number of hydrogen-bond acceptors (Lipinski definition) is 4. The average Bonchev–Trinajstić information content (AvgIpc) is 2.50. The van der Waals surface area contributed by atoms with Crippen LogP contribution < -0.4 is 0 Å². The fourth-order valence-corrected chi connectivity index (χ4v) is 3.56. The summed E-state index contributed by atoms with van der Waals surface area (Å²) in [5.41, 5.74) is 0.